The van der Waals surface area contributed by atoms with Gasteiger partial charge in [-0.2, -0.15) is 15.0 Å². The number of hydrogen-bond acceptors (Lipinski definition) is 6. The normalized spacial score (nSPS) is 11.8. The summed E-state index contributed by atoms with van der Waals surface area (Å²) in [6.45, 7) is 6.61. The molecule has 0 unspecified atom stereocenters. The van der Waals surface area contributed by atoms with E-state index in [1.165, 1.54) is 4.80 Å². The molecule has 0 fully saturated rings. The molecule has 0 bridgehead atoms. The second kappa shape index (κ2) is 8.39. The minimum absolute atomic E-state index is 0.100. The zero-order valence-corrected chi connectivity index (χ0v) is 15.6. The van der Waals surface area contributed by atoms with Crippen molar-refractivity contribution in [2.24, 2.45) is 0 Å². The number of rotatable bonds is 7. The van der Waals surface area contributed by atoms with Crippen LogP contribution in [0.2, 0.25) is 0 Å². The predicted molar refractivity (Wildman–Crippen MR) is 99.8 cm³/mol. The van der Waals surface area contributed by atoms with Crippen LogP contribution in [-0.4, -0.2) is 55.0 Å². The fraction of sp³-hybridized carbons (Fsp3) is 0.316. The Morgan fingerprint density at radius 1 is 1.19 bits per heavy atom. The fourth-order valence-electron chi connectivity index (χ4n) is 2.73. The van der Waals surface area contributed by atoms with Crippen LogP contribution < -0.4 is 4.74 Å². The minimum atomic E-state index is -0.149. The molecule has 0 spiro atoms. The largest absolute Gasteiger partial charge is 0.474 e. The predicted octanol–water partition coefficient (Wildman–Crippen LogP) is 2.30. The van der Waals surface area contributed by atoms with Crippen LogP contribution in [0.15, 0.2) is 49.1 Å². The minimum Gasteiger partial charge on any atom is -0.474 e. The van der Waals surface area contributed by atoms with E-state index in [0.717, 1.165) is 5.69 Å². The van der Waals surface area contributed by atoms with Crippen LogP contribution in [-0.2, 0) is 0 Å². The van der Waals surface area contributed by atoms with Crippen LogP contribution in [0, 0.1) is 6.92 Å². The van der Waals surface area contributed by atoms with Crippen LogP contribution >= 0.6 is 0 Å². The number of aryl methyl sites for hydroxylation is 1. The molecule has 0 aliphatic rings. The molecule has 2 heterocycles. The number of ether oxygens (including phenoxy) is 1. The van der Waals surface area contributed by atoms with Crippen molar-refractivity contribution in [3.05, 3.63) is 60.3 Å². The number of likely N-dealkylation sites (N-methyl/N-ethyl adjacent to an activating group) is 1. The molecule has 1 atom stereocenters. The quantitative estimate of drug-likeness (QED) is 0.638. The smallest absolute Gasteiger partial charge is 0.256 e. The lowest BCUT2D eigenvalue weighted by Crippen LogP contribution is -2.42. The second-order valence-corrected chi connectivity index (χ2v) is 6.08. The van der Waals surface area contributed by atoms with Gasteiger partial charge in [0.05, 0.1) is 47.8 Å². The molecule has 0 aliphatic carbocycles. The highest BCUT2D eigenvalue weighted by Gasteiger charge is 2.23. The number of carbonyl (C=O) groups is 1. The summed E-state index contributed by atoms with van der Waals surface area (Å²) >= 11 is 0. The number of benzene rings is 1. The highest BCUT2D eigenvalue weighted by Crippen LogP contribution is 2.17. The van der Waals surface area contributed by atoms with Crippen molar-refractivity contribution in [1.29, 1.82) is 0 Å². The highest BCUT2D eigenvalue weighted by atomic mass is 16.5. The lowest BCUT2D eigenvalue weighted by atomic mass is 10.1. The summed E-state index contributed by atoms with van der Waals surface area (Å²) in [4.78, 5) is 24.7. The van der Waals surface area contributed by atoms with Crippen molar-refractivity contribution in [3.8, 4) is 11.6 Å². The Morgan fingerprint density at radius 2 is 1.93 bits per heavy atom. The fourth-order valence-corrected chi connectivity index (χ4v) is 2.73. The summed E-state index contributed by atoms with van der Waals surface area (Å²) in [5.74, 6) is 0.341. The number of aromatic nitrogens is 5. The zero-order chi connectivity index (χ0) is 19.2. The van der Waals surface area contributed by atoms with E-state index in [-0.39, 0.29) is 11.9 Å². The van der Waals surface area contributed by atoms with E-state index in [0.29, 0.717) is 30.3 Å². The van der Waals surface area contributed by atoms with Crippen LogP contribution in [0.1, 0.15) is 29.9 Å². The van der Waals surface area contributed by atoms with E-state index in [2.05, 4.69) is 20.2 Å². The van der Waals surface area contributed by atoms with Gasteiger partial charge in [-0.25, -0.2) is 4.98 Å². The van der Waals surface area contributed by atoms with Crippen molar-refractivity contribution < 1.29 is 9.53 Å². The molecule has 140 valence electrons. The average Bonchev–Trinajstić information content (AvgIpc) is 3.22. The van der Waals surface area contributed by atoms with E-state index in [9.17, 15) is 4.79 Å². The first-order valence-corrected chi connectivity index (χ1v) is 8.78. The maximum Gasteiger partial charge on any atom is 0.256 e. The van der Waals surface area contributed by atoms with Crippen molar-refractivity contribution in [1.82, 2.24) is 29.9 Å². The van der Waals surface area contributed by atoms with Gasteiger partial charge >= 0.3 is 0 Å². The Hall–Kier alpha value is -3.29. The van der Waals surface area contributed by atoms with Gasteiger partial charge in [0.25, 0.3) is 5.91 Å². The number of nitrogens with zero attached hydrogens (tertiary/aromatic N) is 6. The lowest BCUT2D eigenvalue weighted by Gasteiger charge is -2.28. The maximum absolute atomic E-state index is 13.2. The lowest BCUT2D eigenvalue weighted by molar-refractivity contribution is 0.0646. The molecule has 0 N–H and O–H groups in total. The SMILES string of the molecule is CCN(C(=O)c1ccccc1-n1nccn1)[C@@H](C)COc1cnc(C)cn1. The number of para-hydroxylation sites is 1. The Kier molecular flexibility index (Phi) is 5.75. The van der Waals surface area contributed by atoms with Gasteiger partial charge in [-0.1, -0.05) is 12.1 Å². The Balaban J connectivity index is 1.75. The summed E-state index contributed by atoms with van der Waals surface area (Å²) in [5, 5.41) is 8.28. The summed E-state index contributed by atoms with van der Waals surface area (Å²) in [6, 6.07) is 7.14. The highest BCUT2D eigenvalue weighted by molar-refractivity contribution is 5.97. The molecular formula is C19H22N6O2. The van der Waals surface area contributed by atoms with Crippen LogP contribution in [0.3, 0.4) is 0 Å². The molecule has 0 saturated carbocycles. The van der Waals surface area contributed by atoms with E-state index in [1.54, 1.807) is 35.8 Å². The third kappa shape index (κ3) is 4.28. The van der Waals surface area contributed by atoms with Crippen molar-refractivity contribution in [2.75, 3.05) is 13.2 Å². The van der Waals surface area contributed by atoms with E-state index in [4.69, 9.17) is 4.74 Å². The van der Waals surface area contributed by atoms with E-state index >= 15 is 0 Å². The van der Waals surface area contributed by atoms with Crippen LogP contribution in [0.4, 0.5) is 0 Å². The monoisotopic (exact) mass is 366 g/mol. The molecule has 27 heavy (non-hydrogen) atoms. The van der Waals surface area contributed by atoms with Gasteiger partial charge in [-0.05, 0) is 32.9 Å². The van der Waals surface area contributed by atoms with Gasteiger partial charge in [0.2, 0.25) is 5.88 Å². The van der Waals surface area contributed by atoms with E-state index in [1.807, 2.05) is 39.0 Å². The van der Waals surface area contributed by atoms with Crippen molar-refractivity contribution >= 4 is 5.91 Å². The zero-order valence-electron chi connectivity index (χ0n) is 15.6. The van der Waals surface area contributed by atoms with Gasteiger partial charge in [0.1, 0.15) is 6.61 Å². The van der Waals surface area contributed by atoms with Crippen molar-refractivity contribution in [3.63, 3.8) is 0 Å². The molecule has 1 amide bonds. The molecule has 3 aromatic rings. The summed E-state index contributed by atoms with van der Waals surface area (Å²) < 4.78 is 5.70. The molecule has 0 aliphatic heterocycles. The third-order valence-electron chi connectivity index (χ3n) is 4.13. The van der Waals surface area contributed by atoms with Crippen molar-refractivity contribution in [2.45, 2.75) is 26.8 Å². The third-order valence-corrected chi connectivity index (χ3v) is 4.13. The van der Waals surface area contributed by atoms with Gasteiger partial charge in [0, 0.05) is 6.54 Å². The standard InChI is InChI=1S/C19H22N6O2/c1-4-24(15(3)13-27-18-12-20-14(2)11-21-18)19(26)16-7-5-6-8-17(16)25-22-9-10-23-25/h5-12,15H,4,13H2,1-3H3/t15-/m0/s1. The molecule has 8 nitrogen and oxygen atoms in total. The number of amides is 1. The van der Waals surface area contributed by atoms with Gasteiger partial charge in [0.15, 0.2) is 0 Å². The van der Waals surface area contributed by atoms with Gasteiger partial charge < -0.3 is 9.64 Å². The molecule has 0 saturated heterocycles. The first-order valence-electron chi connectivity index (χ1n) is 8.78. The molecule has 1 aromatic carbocycles. The Bertz CT molecular complexity index is 879. The first kappa shape index (κ1) is 18.5. The summed E-state index contributed by atoms with van der Waals surface area (Å²) in [5.41, 5.74) is 2.01. The van der Waals surface area contributed by atoms with Crippen LogP contribution in [0.5, 0.6) is 5.88 Å². The molecule has 2 aromatic heterocycles. The molecule has 0 radical (unpaired) electrons. The maximum atomic E-state index is 13.2. The number of carbonyl (C=O) groups excluding carboxylic acids is 1. The topological polar surface area (TPSA) is 86.0 Å². The van der Waals surface area contributed by atoms with Crippen LogP contribution in [0.25, 0.3) is 5.69 Å². The molecule has 3 rings (SSSR count). The Morgan fingerprint density at radius 3 is 2.59 bits per heavy atom. The molecular weight excluding hydrogens is 344 g/mol. The molecule has 8 heteroatoms. The van der Waals surface area contributed by atoms with E-state index < -0.39 is 0 Å². The Labute approximate surface area is 157 Å². The first-order chi connectivity index (χ1) is 13.1. The van der Waals surface area contributed by atoms with Gasteiger partial charge in [-0.15, -0.1) is 0 Å². The summed E-state index contributed by atoms with van der Waals surface area (Å²) in [7, 11) is 0. The average molecular weight is 366 g/mol. The second-order valence-electron chi connectivity index (χ2n) is 6.08. The number of hydrogen-bond donors (Lipinski definition) is 0. The summed E-state index contributed by atoms with van der Waals surface area (Å²) in [6.07, 6.45) is 6.39. The van der Waals surface area contributed by atoms with Gasteiger partial charge in [-0.3, -0.25) is 9.78 Å².